The van der Waals surface area contributed by atoms with Gasteiger partial charge >= 0.3 is 0 Å². The number of aliphatic hydroxyl groups is 1. The topological polar surface area (TPSA) is 58.6 Å². The van der Waals surface area contributed by atoms with Crippen LogP contribution in [0.3, 0.4) is 0 Å². The van der Waals surface area contributed by atoms with Crippen LogP contribution in [0.15, 0.2) is 0 Å². The summed E-state index contributed by atoms with van der Waals surface area (Å²) in [4.78, 5) is 11.1. The van der Waals surface area contributed by atoms with Gasteiger partial charge in [-0.25, -0.2) is 0 Å². The van der Waals surface area contributed by atoms with Gasteiger partial charge in [-0.2, -0.15) is 0 Å². The Bertz CT molecular complexity index is 203. The monoisotopic (exact) mass is 187 g/mol. The second-order valence-electron chi connectivity index (χ2n) is 4.13. The van der Waals surface area contributed by atoms with E-state index in [1.165, 1.54) is 7.11 Å². The van der Waals surface area contributed by atoms with Gasteiger partial charge in [0.05, 0.1) is 6.10 Å². The van der Waals surface area contributed by atoms with E-state index in [1.54, 1.807) is 0 Å². The van der Waals surface area contributed by atoms with Gasteiger partial charge in [-0.1, -0.05) is 13.8 Å². The van der Waals surface area contributed by atoms with Crippen LogP contribution in [0.4, 0.5) is 0 Å². The lowest BCUT2D eigenvalue weighted by molar-refractivity contribution is -0.132. The molecule has 0 aliphatic heterocycles. The number of methoxy groups -OCH3 is 1. The first kappa shape index (κ1) is 10.5. The minimum absolute atomic E-state index is 0.0742. The Labute approximate surface area is 78.3 Å². The maximum Gasteiger partial charge on any atom is 0.246 e. The molecule has 1 aliphatic carbocycles. The molecule has 1 aliphatic rings. The molecule has 0 heterocycles. The van der Waals surface area contributed by atoms with Crippen LogP contribution < -0.4 is 5.32 Å². The van der Waals surface area contributed by atoms with Crippen molar-refractivity contribution in [3.63, 3.8) is 0 Å². The van der Waals surface area contributed by atoms with Crippen LogP contribution >= 0.6 is 0 Å². The molecule has 4 nitrogen and oxygen atoms in total. The molecular weight excluding hydrogens is 170 g/mol. The summed E-state index contributed by atoms with van der Waals surface area (Å²) in [5.41, 5.74) is -0.205. The minimum atomic E-state index is -0.305. The van der Waals surface area contributed by atoms with E-state index in [1.807, 2.05) is 13.8 Å². The van der Waals surface area contributed by atoms with Crippen LogP contribution in [-0.2, 0) is 9.53 Å². The van der Waals surface area contributed by atoms with Crippen LogP contribution in [0.1, 0.15) is 20.3 Å². The first-order valence-corrected chi connectivity index (χ1v) is 4.45. The van der Waals surface area contributed by atoms with Gasteiger partial charge in [0.15, 0.2) is 0 Å². The molecule has 1 rings (SSSR count). The van der Waals surface area contributed by atoms with E-state index in [0.717, 1.165) is 0 Å². The standard InChI is InChI=1S/C9H17NO3/c1-9(2)6(4-7(9)11)10-8(12)5-13-3/h6-7,11H,4-5H2,1-3H3,(H,10,12). The average molecular weight is 187 g/mol. The Morgan fingerprint density at radius 2 is 2.31 bits per heavy atom. The predicted octanol–water partition coefficient (Wildman–Crippen LogP) is -0.0916. The zero-order chi connectivity index (χ0) is 10.1. The van der Waals surface area contributed by atoms with Crippen molar-refractivity contribution in [3.8, 4) is 0 Å². The van der Waals surface area contributed by atoms with Crippen LogP contribution in [0.25, 0.3) is 0 Å². The lowest BCUT2D eigenvalue weighted by Crippen LogP contribution is -2.61. The van der Waals surface area contributed by atoms with Gasteiger partial charge in [-0.15, -0.1) is 0 Å². The molecule has 2 N–H and O–H groups in total. The van der Waals surface area contributed by atoms with Crippen LogP contribution in [0, 0.1) is 5.41 Å². The van der Waals surface area contributed by atoms with Crippen LogP contribution in [0.5, 0.6) is 0 Å². The molecule has 1 amide bonds. The quantitative estimate of drug-likeness (QED) is 0.649. The van der Waals surface area contributed by atoms with E-state index in [9.17, 15) is 9.90 Å². The first-order valence-electron chi connectivity index (χ1n) is 4.45. The second-order valence-corrected chi connectivity index (χ2v) is 4.13. The van der Waals surface area contributed by atoms with Gasteiger partial charge in [0.2, 0.25) is 5.91 Å². The molecule has 0 spiro atoms. The number of amides is 1. The van der Waals surface area contributed by atoms with Crippen molar-refractivity contribution < 1.29 is 14.6 Å². The summed E-state index contributed by atoms with van der Waals surface area (Å²) in [7, 11) is 1.49. The SMILES string of the molecule is COCC(=O)NC1CC(O)C1(C)C. The first-order chi connectivity index (χ1) is 5.98. The van der Waals surface area contributed by atoms with E-state index in [4.69, 9.17) is 4.74 Å². The Hall–Kier alpha value is -0.610. The summed E-state index contributed by atoms with van der Waals surface area (Å²) in [6.07, 6.45) is 0.336. The van der Waals surface area contributed by atoms with Crippen molar-refractivity contribution in [2.45, 2.75) is 32.4 Å². The number of ether oxygens (including phenoxy) is 1. The fraction of sp³-hybridized carbons (Fsp3) is 0.889. The largest absolute Gasteiger partial charge is 0.392 e. The molecule has 0 radical (unpaired) electrons. The Morgan fingerprint density at radius 1 is 1.69 bits per heavy atom. The van der Waals surface area contributed by atoms with Crippen molar-refractivity contribution in [2.24, 2.45) is 5.41 Å². The number of rotatable bonds is 3. The third kappa shape index (κ3) is 2.00. The molecule has 2 unspecified atom stereocenters. The molecular formula is C9H17NO3. The van der Waals surface area contributed by atoms with E-state index >= 15 is 0 Å². The Balaban J connectivity index is 2.36. The zero-order valence-electron chi connectivity index (χ0n) is 8.33. The summed E-state index contributed by atoms with van der Waals surface area (Å²) in [5, 5.41) is 12.2. The van der Waals surface area contributed by atoms with Crippen molar-refractivity contribution >= 4 is 5.91 Å². The Kier molecular flexibility index (Phi) is 2.93. The number of hydrogen-bond acceptors (Lipinski definition) is 3. The number of nitrogens with one attached hydrogen (secondary N) is 1. The molecule has 0 aromatic rings. The molecule has 4 heteroatoms. The minimum Gasteiger partial charge on any atom is -0.392 e. The highest BCUT2D eigenvalue weighted by atomic mass is 16.5. The number of aliphatic hydroxyl groups excluding tert-OH is 1. The van der Waals surface area contributed by atoms with Crippen molar-refractivity contribution in [2.75, 3.05) is 13.7 Å². The smallest absolute Gasteiger partial charge is 0.246 e. The highest BCUT2D eigenvalue weighted by Gasteiger charge is 2.47. The third-order valence-electron chi connectivity index (χ3n) is 2.83. The lowest BCUT2D eigenvalue weighted by atomic mass is 9.64. The Morgan fingerprint density at radius 3 is 2.69 bits per heavy atom. The van der Waals surface area contributed by atoms with Crippen LogP contribution in [-0.4, -0.2) is 36.9 Å². The zero-order valence-corrected chi connectivity index (χ0v) is 8.33. The maximum absolute atomic E-state index is 11.1. The number of hydrogen-bond donors (Lipinski definition) is 2. The van der Waals surface area contributed by atoms with Crippen LogP contribution in [0.2, 0.25) is 0 Å². The van der Waals surface area contributed by atoms with Gasteiger partial charge in [-0.05, 0) is 6.42 Å². The van der Waals surface area contributed by atoms with Gasteiger partial charge in [-0.3, -0.25) is 4.79 Å². The summed E-state index contributed by atoms with van der Waals surface area (Å²) >= 11 is 0. The normalized spacial score (nSPS) is 30.8. The van der Waals surface area contributed by atoms with E-state index < -0.39 is 0 Å². The van der Waals surface area contributed by atoms with Gasteiger partial charge in [0.1, 0.15) is 6.61 Å². The molecule has 76 valence electrons. The molecule has 0 aromatic carbocycles. The molecule has 1 saturated carbocycles. The molecule has 0 saturated heterocycles. The highest BCUT2D eigenvalue weighted by Crippen LogP contribution is 2.40. The molecule has 1 fully saturated rings. The molecule has 2 atom stereocenters. The lowest BCUT2D eigenvalue weighted by Gasteiger charge is -2.49. The van der Waals surface area contributed by atoms with E-state index in [2.05, 4.69) is 5.32 Å². The number of carbonyl (C=O) groups is 1. The summed E-state index contributed by atoms with van der Waals surface area (Å²) in [5.74, 6) is -0.118. The highest BCUT2D eigenvalue weighted by molar-refractivity contribution is 5.77. The maximum atomic E-state index is 11.1. The average Bonchev–Trinajstić information content (AvgIpc) is 2.04. The van der Waals surface area contributed by atoms with E-state index in [0.29, 0.717) is 6.42 Å². The number of carbonyl (C=O) groups excluding carboxylic acids is 1. The second kappa shape index (κ2) is 3.64. The van der Waals surface area contributed by atoms with Crippen molar-refractivity contribution in [3.05, 3.63) is 0 Å². The molecule has 0 aromatic heterocycles. The predicted molar refractivity (Wildman–Crippen MR) is 48.2 cm³/mol. The third-order valence-corrected chi connectivity index (χ3v) is 2.83. The molecule has 13 heavy (non-hydrogen) atoms. The van der Waals surface area contributed by atoms with E-state index in [-0.39, 0.29) is 30.1 Å². The summed E-state index contributed by atoms with van der Waals surface area (Å²) < 4.78 is 4.69. The van der Waals surface area contributed by atoms with Gasteiger partial charge in [0, 0.05) is 18.6 Å². The van der Waals surface area contributed by atoms with Gasteiger partial charge < -0.3 is 15.2 Å². The van der Waals surface area contributed by atoms with Crippen molar-refractivity contribution in [1.29, 1.82) is 0 Å². The summed E-state index contributed by atoms with van der Waals surface area (Å²) in [6, 6.07) is 0.0742. The fourth-order valence-electron chi connectivity index (χ4n) is 1.51. The van der Waals surface area contributed by atoms with Gasteiger partial charge in [0.25, 0.3) is 0 Å². The molecule has 0 bridgehead atoms. The fourth-order valence-corrected chi connectivity index (χ4v) is 1.51. The summed E-state index contributed by atoms with van der Waals surface area (Å²) in [6.45, 7) is 3.97. The van der Waals surface area contributed by atoms with Crippen molar-refractivity contribution in [1.82, 2.24) is 5.32 Å².